The van der Waals surface area contributed by atoms with E-state index >= 15 is 0 Å². The number of aryl methyl sites for hydroxylation is 1. The number of benzene rings is 3. The average molecular weight is 1680 g/mol. The maximum Gasteiger partial charge on any atom is 0.329 e. The van der Waals surface area contributed by atoms with Crippen LogP contribution in [0.3, 0.4) is 0 Å². The van der Waals surface area contributed by atoms with E-state index in [0.717, 1.165) is 71.3 Å². The van der Waals surface area contributed by atoms with E-state index in [1.807, 2.05) is 16.0 Å². The number of anilines is 1. The van der Waals surface area contributed by atoms with Crippen molar-refractivity contribution in [1.29, 1.82) is 0 Å². The Morgan fingerprint density at radius 3 is 1.70 bits per heavy atom. The quantitative estimate of drug-likeness (QED) is 0.00893. The predicted molar refractivity (Wildman–Crippen MR) is 420 cm³/mol. The molecule has 0 spiro atoms. The number of primary amides is 1. The van der Waals surface area contributed by atoms with Gasteiger partial charge < -0.3 is 122 Å². The number of carbonyl (C=O) groups excluding carboxylic acids is 16. The van der Waals surface area contributed by atoms with Crippen molar-refractivity contribution in [3.8, 4) is 0 Å². The number of fused-ring (bicyclic) bond motifs is 1. The van der Waals surface area contributed by atoms with E-state index in [0.29, 0.717) is 16.5 Å². The second-order valence-electron chi connectivity index (χ2n) is 28.5. The molecule has 652 valence electrons. The molecule has 14 amide bonds. The van der Waals surface area contributed by atoms with Gasteiger partial charge in [0.2, 0.25) is 76.8 Å². The predicted octanol–water partition coefficient (Wildman–Crippen LogP) is -4.55. The lowest BCUT2D eigenvalue weighted by atomic mass is 9.96. The number of aromatic amines is 1. The number of para-hydroxylation sites is 2. The molecule has 1 aliphatic rings. The molecule has 1 saturated heterocycles. The molecule has 1 aliphatic heterocycles. The molecular formula is C77H103N17O26. The first-order valence-electron chi connectivity index (χ1n) is 38.4. The molecule has 0 aliphatic carbocycles. The summed E-state index contributed by atoms with van der Waals surface area (Å²) in [7, 11) is 0. The molecule has 0 radical (unpaired) electrons. The summed E-state index contributed by atoms with van der Waals surface area (Å²) in [5.41, 5.74) is 19.1. The van der Waals surface area contributed by atoms with Crippen LogP contribution in [0.1, 0.15) is 149 Å². The number of unbranched alkanes of at least 4 members (excludes halogenated alkanes) is 5. The highest BCUT2D eigenvalue weighted by Crippen LogP contribution is 2.22. The molecule has 4 aromatic rings. The number of aliphatic carboxylic acids is 4. The Morgan fingerprint density at radius 2 is 1.09 bits per heavy atom. The van der Waals surface area contributed by atoms with Gasteiger partial charge in [-0.25, -0.2) is 4.79 Å². The van der Waals surface area contributed by atoms with Crippen LogP contribution >= 0.6 is 0 Å². The van der Waals surface area contributed by atoms with Crippen molar-refractivity contribution < 1.29 is 126 Å². The number of rotatable bonds is 35. The number of aromatic nitrogens is 1. The number of amides is 14. The summed E-state index contributed by atoms with van der Waals surface area (Å²) < 4.78 is 5.70. The monoisotopic (exact) mass is 1680 g/mol. The number of aliphatic hydroxyl groups excluding tert-OH is 1. The van der Waals surface area contributed by atoms with Crippen molar-refractivity contribution in [2.45, 2.75) is 203 Å². The summed E-state index contributed by atoms with van der Waals surface area (Å²) >= 11 is 0. The van der Waals surface area contributed by atoms with Crippen LogP contribution in [0, 0.1) is 5.92 Å². The number of ether oxygens (including phenoxy) is 1. The highest BCUT2D eigenvalue weighted by atomic mass is 16.5. The molecule has 120 heavy (non-hydrogen) atoms. The Labute approximate surface area is 686 Å². The van der Waals surface area contributed by atoms with E-state index < -0.39 is 261 Å². The number of nitrogen functional groups attached to an aromatic ring is 1. The zero-order valence-corrected chi connectivity index (χ0v) is 66.2. The SMILES string of the molecule is CCCCCCCCc1ccc(C(=O)N[C@@H](Cc2c[nH]c3ccccc23)C(=O)N[C@@H](CC(N)=O)C(=O)N[C@@H](CC(=O)O)C(=O)N[C@@H]2C(=O)NCC(=O)N[C@@H](CCCN)C(=O)N[C@H](CC(=O)O)C(=O)N[C@H](C)C(=O)N[C@@H](CC(=O)O)C(=O)NCC(=O)N[C@H](CO)C(=O)N[C@@H]([C@@H](C)CC(=O)O)C(=O)N[C@@H](CC(=O)c3ccccc3N)C(=O)O[C@@H]2C)cc1. The zero-order valence-electron chi connectivity index (χ0n) is 66.2. The molecule has 0 saturated carbocycles. The van der Waals surface area contributed by atoms with Gasteiger partial charge in [-0.3, -0.25) is 91.1 Å². The number of ketones is 1. The van der Waals surface area contributed by atoms with Gasteiger partial charge in [-0.15, -0.1) is 0 Å². The molecule has 43 heteroatoms. The van der Waals surface area contributed by atoms with Gasteiger partial charge in [0.1, 0.15) is 72.6 Å². The number of carboxylic acid groups (broad SMARTS) is 4. The van der Waals surface area contributed by atoms with Crippen LogP contribution in [-0.2, 0) is 104 Å². The second-order valence-corrected chi connectivity index (χ2v) is 28.5. The number of Topliss-reactive ketones (excluding diaryl/α,β-unsaturated/α-hetero) is 1. The Kier molecular flexibility index (Phi) is 39.1. The van der Waals surface area contributed by atoms with Crippen molar-refractivity contribution in [2.75, 3.05) is 32.0 Å². The van der Waals surface area contributed by atoms with Gasteiger partial charge >= 0.3 is 29.8 Å². The largest absolute Gasteiger partial charge is 0.481 e. The van der Waals surface area contributed by atoms with Gasteiger partial charge in [-0.2, -0.15) is 0 Å². The molecule has 1 aromatic heterocycles. The molecule has 0 bridgehead atoms. The molecule has 2 heterocycles. The summed E-state index contributed by atoms with van der Waals surface area (Å²) in [5, 5.41) is 78.8. The fourth-order valence-corrected chi connectivity index (χ4v) is 12.4. The van der Waals surface area contributed by atoms with Crippen LogP contribution in [0.25, 0.3) is 10.9 Å². The Bertz CT molecular complexity index is 4400. The highest BCUT2D eigenvalue weighted by Gasteiger charge is 2.41. The van der Waals surface area contributed by atoms with E-state index in [-0.39, 0.29) is 36.2 Å². The topological polar surface area (TPSA) is 702 Å². The number of H-pyrrole nitrogens is 1. The van der Waals surface area contributed by atoms with Crippen molar-refractivity contribution in [3.63, 3.8) is 0 Å². The standard InChI is InChI=1S/C77H103N17O26/c1-5-6-7-8-9-10-16-41-22-24-42(25-23-41)67(109)88-49(28-43-34-81-47-20-14-12-17-44(43)47)71(113)89-50(30-57(80)97)72(114)91-53(33-63(106)107)73(115)94-65-40(4)120-77(119)54(29-56(96)45-18-11-13-19-46(45)79)92-76(118)64(38(2)27-60(100)101)93-74(116)55(37-95)86-59(99)35-82-68(110)51(31-61(102)103)87-66(108)39(3)84-70(112)52(32-62(104)105)90-69(111)48(21-15-26-78)85-58(98)36-83-75(65)117/h11-14,17-20,22-25,34,38-40,48-55,64-65,81,95H,5-10,15-16,21,26-33,35-37,78-79H2,1-4H3,(H2,80,97)(H,82,110)(H,83,117)(H,84,112)(H,85,98)(H,86,99)(H,87,108)(H,88,109)(H,89,113)(H,90,111)(H,91,114)(H,92,118)(H,93,116)(H,94,115)(H,100,101)(H,102,103)(H,104,105)(H,106,107)/t38-,39+,40+,48-,49-,50-,51-,52+,53-,54-,55+,64-,65-/m0/s1. The summed E-state index contributed by atoms with van der Waals surface area (Å²) in [6, 6.07) is -4.15. The van der Waals surface area contributed by atoms with Gasteiger partial charge in [0.25, 0.3) is 5.91 Å². The van der Waals surface area contributed by atoms with Crippen molar-refractivity contribution >= 4 is 135 Å². The van der Waals surface area contributed by atoms with Crippen LogP contribution < -0.4 is 86.3 Å². The first-order valence-corrected chi connectivity index (χ1v) is 38.4. The number of carbonyl (C=O) groups is 20. The molecule has 25 N–H and O–H groups in total. The molecular weight excluding hydrogens is 1580 g/mol. The second kappa shape index (κ2) is 48.3. The van der Waals surface area contributed by atoms with E-state index in [1.165, 1.54) is 24.3 Å². The molecule has 0 unspecified atom stereocenters. The van der Waals surface area contributed by atoms with Gasteiger partial charge in [0.15, 0.2) is 5.78 Å². The maximum atomic E-state index is 14.9. The molecule has 5 rings (SSSR count). The Morgan fingerprint density at radius 1 is 0.542 bits per heavy atom. The summed E-state index contributed by atoms with van der Waals surface area (Å²) in [6.45, 7) is 1.14. The van der Waals surface area contributed by atoms with E-state index in [2.05, 4.69) is 65.1 Å². The minimum absolute atomic E-state index is 0.0981. The molecule has 3 aromatic carbocycles. The zero-order chi connectivity index (χ0) is 89.0. The van der Waals surface area contributed by atoms with Crippen LogP contribution in [0.4, 0.5) is 5.69 Å². The van der Waals surface area contributed by atoms with E-state index in [4.69, 9.17) is 21.9 Å². The third-order valence-electron chi connectivity index (χ3n) is 18.9. The minimum Gasteiger partial charge on any atom is -0.481 e. The smallest absolute Gasteiger partial charge is 0.329 e. The third-order valence-corrected chi connectivity index (χ3v) is 18.9. The maximum absolute atomic E-state index is 14.9. The molecule has 13 atom stereocenters. The number of nitrogens with two attached hydrogens (primary N) is 3. The van der Waals surface area contributed by atoms with Crippen molar-refractivity contribution in [1.82, 2.24) is 74.1 Å². The number of aliphatic hydroxyl groups is 1. The lowest BCUT2D eigenvalue weighted by Gasteiger charge is -2.30. The molecule has 1 fully saturated rings. The number of carboxylic acids is 4. The first kappa shape index (κ1) is 97.1. The van der Waals surface area contributed by atoms with Crippen LogP contribution in [0.2, 0.25) is 0 Å². The van der Waals surface area contributed by atoms with E-state index in [1.54, 1.807) is 54.7 Å². The fourth-order valence-electron chi connectivity index (χ4n) is 12.4. The van der Waals surface area contributed by atoms with Crippen molar-refractivity contribution in [2.24, 2.45) is 17.4 Å². The van der Waals surface area contributed by atoms with Gasteiger partial charge in [0.05, 0.1) is 51.8 Å². The number of hydrogen-bond donors (Lipinski definition) is 22. The van der Waals surface area contributed by atoms with Crippen LogP contribution in [0.15, 0.2) is 79.0 Å². The first-order chi connectivity index (χ1) is 56.8. The number of nitrogens with one attached hydrogen (secondary N) is 14. The summed E-state index contributed by atoms with van der Waals surface area (Å²) in [5.74, 6) is -30.1. The van der Waals surface area contributed by atoms with Crippen LogP contribution in [0.5, 0.6) is 0 Å². The fraction of sp³-hybridized carbons (Fsp3) is 0.481. The number of esters is 1. The van der Waals surface area contributed by atoms with Gasteiger partial charge in [-0.1, -0.05) is 88.4 Å². The van der Waals surface area contributed by atoms with Gasteiger partial charge in [-0.05, 0) is 93.5 Å². The highest BCUT2D eigenvalue weighted by molar-refractivity contribution is 6.06. The van der Waals surface area contributed by atoms with Crippen LogP contribution in [-0.4, -0.2) is 248 Å². The minimum atomic E-state index is -2.46. The normalized spacial score (nSPS) is 20.8. The Hall–Kier alpha value is -13.5. The lowest BCUT2D eigenvalue weighted by molar-refractivity contribution is -0.156. The van der Waals surface area contributed by atoms with E-state index in [9.17, 15) is 121 Å². The number of cyclic esters (lactones) is 1. The van der Waals surface area contributed by atoms with Crippen molar-refractivity contribution in [3.05, 3.63) is 101 Å². The third kappa shape index (κ3) is 31.9. The number of hydrogen-bond acceptors (Lipinski definition) is 24. The molecule has 43 nitrogen and oxygen atoms in total. The lowest BCUT2D eigenvalue weighted by Crippen LogP contribution is -2.62. The summed E-state index contributed by atoms with van der Waals surface area (Å²) in [6.07, 6.45) is -1.42. The average Bonchev–Trinajstić information content (AvgIpc) is 1.59. The van der Waals surface area contributed by atoms with Gasteiger partial charge in [0, 0.05) is 46.8 Å². The summed E-state index contributed by atoms with van der Waals surface area (Å²) in [4.78, 5) is 278. The Balaban J connectivity index is 1.60.